The van der Waals surface area contributed by atoms with Crippen LogP contribution < -0.4 is 56.5 Å². The van der Waals surface area contributed by atoms with Crippen LogP contribution in [0.3, 0.4) is 0 Å². The molecule has 2 rings (SSSR count). The molecule has 1 aliphatic rings. The van der Waals surface area contributed by atoms with Crippen LogP contribution in [-0.4, -0.2) is 68.8 Å². The van der Waals surface area contributed by atoms with Crippen LogP contribution >= 0.6 is 0 Å². The van der Waals surface area contributed by atoms with E-state index in [9.17, 15) is 30.3 Å². The minimum atomic E-state index is -1.73. The number of hydrogen-bond donors (Lipinski definition) is 5. The topological polar surface area (TPSA) is 160 Å². The summed E-state index contributed by atoms with van der Waals surface area (Å²) >= 11 is 0. The molecule has 1 aromatic carbocycles. The molecule has 25 heavy (non-hydrogen) atoms. The van der Waals surface area contributed by atoms with Gasteiger partial charge >= 0.3 is 57.4 Å². The second-order valence-corrected chi connectivity index (χ2v) is 5.20. The van der Waals surface area contributed by atoms with Crippen molar-refractivity contribution < 1.29 is 96.3 Å². The predicted octanol–water partition coefficient (Wildman–Crippen LogP) is -4.99. The Balaban J connectivity index is 0.00000312. The van der Waals surface area contributed by atoms with Gasteiger partial charge in [-0.15, -0.1) is 5.75 Å². The summed E-state index contributed by atoms with van der Waals surface area (Å²) in [6.07, 6.45) is -6.72. The molecule has 1 saturated heterocycles. The Morgan fingerprint density at radius 1 is 1.16 bits per heavy atom. The Morgan fingerprint density at radius 2 is 1.76 bits per heavy atom. The van der Waals surface area contributed by atoms with Crippen LogP contribution in [0.5, 0.6) is 5.75 Å². The molecular formula is C15H17KO9. The summed E-state index contributed by atoms with van der Waals surface area (Å²) < 4.78 is 10.2. The van der Waals surface area contributed by atoms with Crippen molar-refractivity contribution in [2.45, 2.75) is 30.7 Å². The fourth-order valence-electron chi connectivity index (χ4n) is 2.15. The molecule has 0 aromatic heterocycles. The number of rotatable bonds is 5. The van der Waals surface area contributed by atoms with Crippen molar-refractivity contribution >= 4 is 12.0 Å². The van der Waals surface area contributed by atoms with Crippen LogP contribution in [0.4, 0.5) is 0 Å². The van der Waals surface area contributed by atoms with Crippen molar-refractivity contribution in [1.82, 2.24) is 0 Å². The molecule has 0 amide bonds. The van der Waals surface area contributed by atoms with Crippen molar-refractivity contribution in [3.63, 3.8) is 0 Å². The van der Waals surface area contributed by atoms with E-state index in [1.165, 1.54) is 24.3 Å². The zero-order valence-electron chi connectivity index (χ0n) is 13.3. The number of hydrogen-bond acceptors (Lipinski definition) is 8. The molecule has 0 bridgehead atoms. The van der Waals surface area contributed by atoms with Crippen LogP contribution in [0.2, 0.25) is 0 Å². The van der Waals surface area contributed by atoms with Crippen LogP contribution in [0.15, 0.2) is 30.0 Å². The quantitative estimate of drug-likeness (QED) is 0.191. The van der Waals surface area contributed by atoms with Crippen molar-refractivity contribution in [2.75, 3.05) is 6.61 Å². The van der Waals surface area contributed by atoms with E-state index in [-0.39, 0.29) is 57.1 Å². The largest absolute Gasteiger partial charge is 1.00 e. The molecule has 9 nitrogen and oxygen atoms in total. The molecule has 1 aromatic rings. The first kappa shape index (κ1) is 22.5. The average Bonchev–Trinajstić information content (AvgIpc) is 2.56. The van der Waals surface area contributed by atoms with Gasteiger partial charge in [0.2, 0.25) is 12.0 Å². The molecule has 0 aliphatic carbocycles. The van der Waals surface area contributed by atoms with E-state index >= 15 is 0 Å². The Labute approximate surface area is 185 Å². The Hall–Kier alpha value is -0.534. The number of carboxylic acid groups (broad SMARTS) is 1. The summed E-state index contributed by atoms with van der Waals surface area (Å²) in [4.78, 5) is 11.3. The van der Waals surface area contributed by atoms with E-state index in [0.29, 0.717) is 5.56 Å². The molecule has 1 aliphatic heterocycles. The molecule has 0 unspecified atom stereocenters. The summed E-state index contributed by atoms with van der Waals surface area (Å²) in [5.74, 6) is -2.34. The summed E-state index contributed by atoms with van der Waals surface area (Å²) in [6.45, 7) is -0.665. The maximum atomic E-state index is 11.3. The average molecular weight is 380 g/mol. The molecule has 5 atom stereocenters. The third-order valence-corrected chi connectivity index (χ3v) is 3.48. The monoisotopic (exact) mass is 380 g/mol. The fraction of sp³-hybridized carbons (Fsp3) is 0.400. The SMILES string of the molecule is O=C(O)/C(=C\c1ccc([O-])cc1)O[C@@H]1O[C@@H](CO)[C@H](O)[C@@H](O)[C@@H]1O.[K+]. The Morgan fingerprint density at radius 3 is 2.28 bits per heavy atom. The predicted molar refractivity (Wildman–Crippen MR) is 76.4 cm³/mol. The van der Waals surface area contributed by atoms with E-state index in [4.69, 9.17) is 14.6 Å². The van der Waals surface area contributed by atoms with Gasteiger partial charge in [0, 0.05) is 0 Å². The van der Waals surface area contributed by atoms with Gasteiger partial charge in [0.1, 0.15) is 24.4 Å². The van der Waals surface area contributed by atoms with Gasteiger partial charge in [0.15, 0.2) is 0 Å². The molecular weight excluding hydrogens is 363 g/mol. The molecule has 132 valence electrons. The van der Waals surface area contributed by atoms with Crippen LogP contribution in [0, 0.1) is 0 Å². The number of aliphatic carboxylic acids is 1. The van der Waals surface area contributed by atoms with Gasteiger partial charge in [-0.05, 0) is 11.6 Å². The molecule has 10 heteroatoms. The van der Waals surface area contributed by atoms with Crippen LogP contribution in [0.25, 0.3) is 6.08 Å². The first-order valence-electron chi connectivity index (χ1n) is 7.02. The zero-order chi connectivity index (χ0) is 17.9. The second-order valence-electron chi connectivity index (χ2n) is 5.20. The third kappa shape index (κ3) is 5.72. The first-order valence-corrected chi connectivity index (χ1v) is 7.02. The summed E-state index contributed by atoms with van der Waals surface area (Å²) in [7, 11) is 0. The van der Waals surface area contributed by atoms with Crippen molar-refractivity contribution in [1.29, 1.82) is 0 Å². The maximum absolute atomic E-state index is 11.3. The van der Waals surface area contributed by atoms with Crippen LogP contribution in [0.1, 0.15) is 5.56 Å². The summed E-state index contributed by atoms with van der Waals surface area (Å²) in [5.41, 5.74) is 0.358. The molecule has 5 N–H and O–H groups in total. The zero-order valence-corrected chi connectivity index (χ0v) is 16.5. The minimum absolute atomic E-state index is 0. The smallest absolute Gasteiger partial charge is 0.872 e. The van der Waals surface area contributed by atoms with E-state index in [1.807, 2.05) is 0 Å². The number of aliphatic hydroxyl groups excluding tert-OH is 4. The normalized spacial score (nSPS) is 29.6. The molecule has 0 radical (unpaired) electrons. The van der Waals surface area contributed by atoms with Gasteiger partial charge in [0.05, 0.1) is 6.61 Å². The number of benzene rings is 1. The van der Waals surface area contributed by atoms with Crippen molar-refractivity contribution in [3.05, 3.63) is 35.6 Å². The van der Waals surface area contributed by atoms with Crippen molar-refractivity contribution in [2.24, 2.45) is 0 Å². The van der Waals surface area contributed by atoms with Gasteiger partial charge in [-0.3, -0.25) is 0 Å². The molecule has 1 heterocycles. The Bertz CT molecular complexity index is 602. The van der Waals surface area contributed by atoms with Gasteiger partial charge in [-0.2, -0.15) is 0 Å². The number of aliphatic hydroxyl groups is 4. The van der Waals surface area contributed by atoms with E-state index in [1.54, 1.807) is 0 Å². The Kier molecular flexibility index (Phi) is 8.98. The number of carboxylic acids is 1. The molecule has 0 saturated carbocycles. The summed E-state index contributed by atoms with van der Waals surface area (Å²) in [5, 5.41) is 58.5. The minimum Gasteiger partial charge on any atom is -0.872 e. The van der Waals surface area contributed by atoms with Crippen molar-refractivity contribution in [3.8, 4) is 5.75 Å². The van der Waals surface area contributed by atoms with Gasteiger partial charge < -0.3 is 40.1 Å². The molecule has 1 fully saturated rings. The third-order valence-electron chi connectivity index (χ3n) is 3.48. The standard InChI is InChI=1S/C15H18O9.K/c16-6-10-11(18)12(19)13(20)15(24-10)23-9(14(21)22)5-7-1-3-8(17)4-2-7;/h1-5,10-13,15-20H,6H2,(H,21,22);/q;+1/p-1/b9-5+;/t10-,11-,12+,13-,15+;/m0./s1. The number of ether oxygens (including phenoxy) is 2. The second kappa shape index (κ2) is 9.97. The number of carbonyl (C=O) groups is 1. The first-order chi connectivity index (χ1) is 11.3. The van der Waals surface area contributed by atoms with E-state index in [0.717, 1.165) is 6.08 Å². The van der Waals surface area contributed by atoms with Gasteiger partial charge in [-0.25, -0.2) is 4.79 Å². The van der Waals surface area contributed by atoms with Crippen LogP contribution in [-0.2, 0) is 14.3 Å². The van der Waals surface area contributed by atoms with E-state index in [2.05, 4.69) is 0 Å². The van der Waals surface area contributed by atoms with E-state index < -0.39 is 49.0 Å². The maximum Gasteiger partial charge on any atom is 1.00 e. The van der Waals surface area contributed by atoms with Gasteiger partial charge in [0.25, 0.3) is 0 Å². The molecule has 0 spiro atoms. The summed E-state index contributed by atoms with van der Waals surface area (Å²) in [6, 6.07) is 5.22. The van der Waals surface area contributed by atoms with Gasteiger partial charge in [-0.1, -0.05) is 24.3 Å². The fourth-order valence-corrected chi connectivity index (χ4v) is 2.15.